The molecule has 9 aromatic rings. The van der Waals surface area contributed by atoms with Crippen LogP contribution >= 0.6 is 0 Å². The molecule has 2 aliphatic carbocycles. The van der Waals surface area contributed by atoms with Crippen molar-refractivity contribution in [3.8, 4) is 45.0 Å². The fraction of sp³-hybridized carbons (Fsp3) is 0.0392. The van der Waals surface area contributed by atoms with Crippen molar-refractivity contribution in [2.45, 2.75) is 5.92 Å². The zero-order valence-electron chi connectivity index (χ0n) is 29.8. The molecule has 0 amide bonds. The molecule has 258 valence electrons. The third-order valence-corrected chi connectivity index (χ3v) is 11.1. The van der Waals surface area contributed by atoms with Crippen LogP contribution in [0.5, 0.6) is 0 Å². The van der Waals surface area contributed by atoms with Crippen LogP contribution in [0.3, 0.4) is 0 Å². The number of aromatic nitrogens is 3. The molecule has 0 saturated heterocycles. The Kier molecular flexibility index (Phi) is 7.27. The number of benzene rings is 7. The molecule has 0 spiro atoms. The lowest BCUT2D eigenvalue weighted by Crippen LogP contribution is -2.15. The largest absolute Gasteiger partial charge is 0.456 e. The molecular formula is C51H33N3O. The summed E-state index contributed by atoms with van der Waals surface area (Å²) in [6.45, 7) is 0. The lowest BCUT2D eigenvalue weighted by atomic mass is 9.76. The minimum Gasteiger partial charge on any atom is -0.456 e. The van der Waals surface area contributed by atoms with Crippen LogP contribution in [0.25, 0.3) is 89.4 Å². The SMILES string of the molecule is C1=CC2c3ccccc3C=CC2C=C1c1nc(-c2ccccc2)nc(-c2ccc3cc(-c4cccc5oc6ccc(-c7ccccc7)cc6c45)ccc3c2)n1. The van der Waals surface area contributed by atoms with E-state index in [9.17, 15) is 0 Å². The Morgan fingerprint density at radius 3 is 1.98 bits per heavy atom. The van der Waals surface area contributed by atoms with Gasteiger partial charge in [0.1, 0.15) is 11.2 Å². The van der Waals surface area contributed by atoms with E-state index < -0.39 is 0 Å². The molecule has 4 nitrogen and oxygen atoms in total. The van der Waals surface area contributed by atoms with Gasteiger partial charge in [-0.15, -0.1) is 0 Å². The minimum absolute atomic E-state index is 0.238. The van der Waals surface area contributed by atoms with Crippen molar-refractivity contribution in [3.63, 3.8) is 0 Å². The van der Waals surface area contributed by atoms with Crippen molar-refractivity contribution in [2.75, 3.05) is 0 Å². The summed E-state index contributed by atoms with van der Waals surface area (Å²) in [6.07, 6.45) is 11.3. The molecule has 2 aromatic heterocycles. The van der Waals surface area contributed by atoms with Gasteiger partial charge in [-0.3, -0.25) is 0 Å². The van der Waals surface area contributed by atoms with Gasteiger partial charge in [0.05, 0.1) is 0 Å². The molecule has 4 heteroatoms. The fourth-order valence-electron chi connectivity index (χ4n) is 8.30. The van der Waals surface area contributed by atoms with E-state index in [-0.39, 0.29) is 5.92 Å². The number of furan rings is 1. The van der Waals surface area contributed by atoms with E-state index in [1.54, 1.807) is 0 Å². The summed E-state index contributed by atoms with van der Waals surface area (Å²) in [5.74, 6) is 2.53. The first-order chi connectivity index (χ1) is 27.2. The summed E-state index contributed by atoms with van der Waals surface area (Å²) < 4.78 is 6.36. The van der Waals surface area contributed by atoms with Crippen molar-refractivity contribution >= 4 is 44.4 Å². The maximum absolute atomic E-state index is 6.36. The van der Waals surface area contributed by atoms with Crippen LogP contribution in [0, 0.1) is 5.92 Å². The molecule has 11 rings (SSSR count). The van der Waals surface area contributed by atoms with Gasteiger partial charge in [-0.25, -0.2) is 15.0 Å². The molecule has 0 N–H and O–H groups in total. The van der Waals surface area contributed by atoms with Crippen LogP contribution in [-0.4, -0.2) is 15.0 Å². The van der Waals surface area contributed by atoms with Gasteiger partial charge in [0.2, 0.25) is 0 Å². The summed E-state index contributed by atoms with van der Waals surface area (Å²) in [7, 11) is 0. The maximum atomic E-state index is 6.36. The lowest BCUT2D eigenvalue weighted by molar-refractivity contribution is 0.669. The fourth-order valence-corrected chi connectivity index (χ4v) is 8.30. The van der Waals surface area contributed by atoms with Gasteiger partial charge < -0.3 is 4.42 Å². The van der Waals surface area contributed by atoms with E-state index in [0.29, 0.717) is 23.4 Å². The van der Waals surface area contributed by atoms with Crippen LogP contribution in [0.1, 0.15) is 22.9 Å². The number of allylic oxidation sites excluding steroid dienone is 5. The van der Waals surface area contributed by atoms with E-state index in [1.807, 2.05) is 24.3 Å². The molecule has 55 heavy (non-hydrogen) atoms. The normalized spacial score (nSPS) is 16.0. The Hall–Kier alpha value is -7.17. The van der Waals surface area contributed by atoms with Crippen molar-refractivity contribution in [1.29, 1.82) is 0 Å². The molecule has 2 heterocycles. The summed E-state index contributed by atoms with van der Waals surface area (Å²) in [5, 5.41) is 4.50. The second kappa shape index (κ2) is 12.8. The monoisotopic (exact) mass is 703 g/mol. The third-order valence-electron chi connectivity index (χ3n) is 11.1. The molecule has 7 aromatic carbocycles. The zero-order valence-corrected chi connectivity index (χ0v) is 29.8. The molecule has 2 atom stereocenters. The number of hydrogen-bond donors (Lipinski definition) is 0. The Balaban J connectivity index is 0.982. The number of hydrogen-bond acceptors (Lipinski definition) is 4. The highest BCUT2D eigenvalue weighted by molar-refractivity contribution is 6.13. The van der Waals surface area contributed by atoms with Crippen LogP contribution in [0.15, 0.2) is 186 Å². The van der Waals surface area contributed by atoms with Gasteiger partial charge in [-0.1, -0.05) is 158 Å². The van der Waals surface area contributed by atoms with Gasteiger partial charge in [0.25, 0.3) is 0 Å². The summed E-state index contributed by atoms with van der Waals surface area (Å²) in [4.78, 5) is 15.2. The average molecular weight is 704 g/mol. The Bertz CT molecular complexity index is 3050. The summed E-state index contributed by atoms with van der Waals surface area (Å²) in [6, 6.07) is 55.3. The van der Waals surface area contributed by atoms with Gasteiger partial charge in [-0.05, 0) is 74.5 Å². The number of nitrogens with zero attached hydrogens (tertiary/aromatic N) is 3. The molecule has 0 radical (unpaired) electrons. The third kappa shape index (κ3) is 5.50. The van der Waals surface area contributed by atoms with E-state index in [4.69, 9.17) is 19.4 Å². The van der Waals surface area contributed by atoms with Crippen molar-refractivity contribution in [3.05, 3.63) is 199 Å². The van der Waals surface area contributed by atoms with Crippen LogP contribution in [0.2, 0.25) is 0 Å². The van der Waals surface area contributed by atoms with Crippen LogP contribution < -0.4 is 0 Å². The van der Waals surface area contributed by atoms with E-state index >= 15 is 0 Å². The first-order valence-corrected chi connectivity index (χ1v) is 18.8. The second-order valence-corrected chi connectivity index (χ2v) is 14.4. The molecule has 2 aliphatic rings. The van der Waals surface area contributed by atoms with E-state index in [2.05, 4.69) is 164 Å². The highest BCUT2D eigenvalue weighted by atomic mass is 16.3. The minimum atomic E-state index is 0.238. The van der Waals surface area contributed by atoms with Gasteiger partial charge in [0, 0.05) is 39.3 Å². The van der Waals surface area contributed by atoms with Gasteiger partial charge in [-0.2, -0.15) is 0 Å². The molecule has 0 aliphatic heterocycles. The Morgan fingerprint density at radius 1 is 0.455 bits per heavy atom. The van der Waals surface area contributed by atoms with Gasteiger partial charge >= 0.3 is 0 Å². The standard InChI is InChI=1S/C51H33N3O/c1-3-10-32(11-4-1)37-25-27-46-45(31-37)48-44(16-9-17-47(48)55-46)39-22-19-36-29-40(23-20-35(36)28-39)50-52-49(34-13-5-2-6-14-34)53-51(54-50)41-24-26-43-38(30-41)21-18-33-12-7-8-15-42(33)43/h1-31,38,43H. The molecule has 0 fully saturated rings. The molecule has 0 saturated carbocycles. The van der Waals surface area contributed by atoms with E-state index in [1.165, 1.54) is 22.3 Å². The topological polar surface area (TPSA) is 51.8 Å². The highest BCUT2D eigenvalue weighted by Crippen LogP contribution is 2.42. The van der Waals surface area contributed by atoms with Crippen LogP contribution in [0.4, 0.5) is 0 Å². The molecule has 0 bridgehead atoms. The quantitative estimate of drug-likeness (QED) is 0.179. The Morgan fingerprint density at radius 2 is 1.15 bits per heavy atom. The van der Waals surface area contributed by atoms with Crippen molar-refractivity contribution < 1.29 is 4.42 Å². The predicted molar refractivity (Wildman–Crippen MR) is 225 cm³/mol. The van der Waals surface area contributed by atoms with Crippen molar-refractivity contribution in [1.82, 2.24) is 15.0 Å². The van der Waals surface area contributed by atoms with Gasteiger partial charge in [0.15, 0.2) is 17.5 Å². The average Bonchev–Trinajstić information content (AvgIpc) is 3.64. The first kappa shape index (κ1) is 31.4. The molecular weight excluding hydrogens is 671 g/mol. The lowest BCUT2D eigenvalue weighted by Gasteiger charge is -2.28. The smallest absolute Gasteiger partial charge is 0.164 e. The van der Waals surface area contributed by atoms with Crippen molar-refractivity contribution in [2.24, 2.45) is 5.92 Å². The maximum Gasteiger partial charge on any atom is 0.164 e. The highest BCUT2D eigenvalue weighted by Gasteiger charge is 2.26. The summed E-state index contributed by atoms with van der Waals surface area (Å²) in [5.41, 5.74) is 12.0. The number of rotatable bonds is 5. The second-order valence-electron chi connectivity index (χ2n) is 14.4. The predicted octanol–water partition coefficient (Wildman–Crippen LogP) is 13.0. The molecule has 2 unspecified atom stereocenters. The van der Waals surface area contributed by atoms with Crippen LogP contribution in [-0.2, 0) is 0 Å². The Labute approximate surface area is 318 Å². The number of fused-ring (bicyclic) bond motifs is 7. The van der Waals surface area contributed by atoms with E-state index in [0.717, 1.165) is 60.5 Å². The zero-order chi connectivity index (χ0) is 36.3. The summed E-state index contributed by atoms with van der Waals surface area (Å²) >= 11 is 0. The first-order valence-electron chi connectivity index (χ1n) is 18.8.